The van der Waals surface area contributed by atoms with Gasteiger partial charge in [-0.2, -0.15) is 0 Å². The van der Waals surface area contributed by atoms with E-state index in [2.05, 4.69) is 28.9 Å². The smallest absolute Gasteiger partial charge is 0.264 e. The molecule has 0 amide bonds. The van der Waals surface area contributed by atoms with Crippen LogP contribution in [0.5, 0.6) is 11.6 Å². The third-order valence-corrected chi connectivity index (χ3v) is 4.55. The molecular weight excluding hydrogens is 274 g/mol. The number of hydrogen-bond donors (Lipinski definition) is 0. The van der Waals surface area contributed by atoms with Crippen LogP contribution in [-0.4, -0.2) is 16.0 Å². The number of fused-ring (bicyclic) bond motifs is 3. The Morgan fingerprint density at radius 1 is 1.05 bits per heavy atom. The zero-order valence-electron chi connectivity index (χ0n) is 12.3. The average Bonchev–Trinajstić information content (AvgIpc) is 2.55. The Morgan fingerprint density at radius 3 is 2.73 bits per heavy atom. The summed E-state index contributed by atoms with van der Waals surface area (Å²) in [6.45, 7) is 2.24. The third-order valence-electron chi connectivity index (χ3n) is 4.55. The van der Waals surface area contributed by atoms with Gasteiger partial charge in [-0.05, 0) is 43.5 Å². The van der Waals surface area contributed by atoms with Gasteiger partial charge in [0.15, 0.2) is 11.6 Å². The highest BCUT2D eigenvalue weighted by molar-refractivity contribution is 5.84. The lowest BCUT2D eigenvalue weighted by molar-refractivity contribution is 0.439. The molecule has 0 aliphatic carbocycles. The summed E-state index contributed by atoms with van der Waals surface area (Å²) in [6, 6.07) is 14.6. The van der Waals surface area contributed by atoms with E-state index in [9.17, 15) is 0 Å². The first-order valence-electron chi connectivity index (χ1n) is 7.67. The molecule has 0 saturated heterocycles. The molecule has 2 aromatic carbocycles. The summed E-state index contributed by atoms with van der Waals surface area (Å²) in [6.07, 6.45) is 2.20. The summed E-state index contributed by atoms with van der Waals surface area (Å²) < 4.78 is 6.07. The fraction of sp³-hybridized carbons (Fsp3) is 0.222. The van der Waals surface area contributed by atoms with Gasteiger partial charge in [-0.25, -0.2) is 9.97 Å². The van der Waals surface area contributed by atoms with Crippen molar-refractivity contribution in [3.05, 3.63) is 48.0 Å². The van der Waals surface area contributed by atoms with Crippen LogP contribution in [0.4, 0.5) is 11.5 Å². The van der Waals surface area contributed by atoms with Crippen LogP contribution in [0.3, 0.4) is 0 Å². The van der Waals surface area contributed by atoms with Crippen LogP contribution in [0.15, 0.2) is 42.5 Å². The van der Waals surface area contributed by atoms with Crippen molar-refractivity contribution in [3.8, 4) is 11.6 Å². The van der Waals surface area contributed by atoms with Crippen molar-refractivity contribution in [1.29, 1.82) is 0 Å². The molecule has 3 aromatic rings. The van der Waals surface area contributed by atoms with Crippen LogP contribution >= 0.6 is 0 Å². The summed E-state index contributed by atoms with van der Waals surface area (Å²) >= 11 is 0. The van der Waals surface area contributed by atoms with Crippen LogP contribution in [0.1, 0.15) is 18.9 Å². The Bertz CT molecular complexity index is 906. The molecule has 2 aliphatic rings. The number of ether oxygens (including phenoxy) is 1. The highest BCUT2D eigenvalue weighted by Gasteiger charge is 2.35. The van der Waals surface area contributed by atoms with E-state index in [4.69, 9.17) is 9.72 Å². The van der Waals surface area contributed by atoms with E-state index in [1.54, 1.807) is 0 Å². The van der Waals surface area contributed by atoms with Crippen LogP contribution in [0, 0.1) is 0 Å². The van der Waals surface area contributed by atoms with Gasteiger partial charge >= 0.3 is 0 Å². The maximum Gasteiger partial charge on any atom is 0.264 e. The lowest BCUT2D eigenvalue weighted by atomic mass is 9.95. The van der Waals surface area contributed by atoms with Gasteiger partial charge in [0.1, 0.15) is 0 Å². The number of aryl methyl sites for hydroxylation is 1. The lowest BCUT2D eigenvalue weighted by Gasteiger charge is -2.40. The van der Waals surface area contributed by atoms with Crippen molar-refractivity contribution in [3.63, 3.8) is 0 Å². The van der Waals surface area contributed by atoms with Gasteiger partial charge in [-0.1, -0.05) is 24.3 Å². The van der Waals surface area contributed by atoms with Gasteiger partial charge in [0.05, 0.1) is 16.7 Å². The Morgan fingerprint density at radius 2 is 1.86 bits per heavy atom. The van der Waals surface area contributed by atoms with E-state index in [0.717, 1.165) is 35.4 Å². The molecule has 0 saturated carbocycles. The molecule has 22 heavy (non-hydrogen) atoms. The second-order valence-corrected chi connectivity index (χ2v) is 5.96. The molecule has 0 bridgehead atoms. The minimum Gasteiger partial charge on any atom is -0.434 e. The zero-order chi connectivity index (χ0) is 14.7. The monoisotopic (exact) mass is 289 g/mol. The number of aromatic nitrogens is 2. The first-order valence-corrected chi connectivity index (χ1v) is 7.67. The van der Waals surface area contributed by atoms with E-state index >= 15 is 0 Å². The molecule has 1 unspecified atom stereocenters. The molecule has 0 N–H and O–H groups in total. The quantitative estimate of drug-likeness (QED) is 0.621. The van der Waals surface area contributed by atoms with E-state index < -0.39 is 0 Å². The Hall–Kier alpha value is -2.62. The highest BCUT2D eigenvalue weighted by Crippen LogP contribution is 2.50. The number of rotatable bonds is 0. The second-order valence-electron chi connectivity index (χ2n) is 5.96. The molecule has 3 heterocycles. The van der Waals surface area contributed by atoms with E-state index in [1.165, 1.54) is 11.3 Å². The van der Waals surface area contributed by atoms with Gasteiger partial charge < -0.3 is 9.64 Å². The van der Waals surface area contributed by atoms with Crippen molar-refractivity contribution < 1.29 is 4.74 Å². The number of hydrogen-bond acceptors (Lipinski definition) is 4. The summed E-state index contributed by atoms with van der Waals surface area (Å²) in [5.74, 6) is 2.34. The minimum atomic E-state index is 0.395. The van der Waals surface area contributed by atoms with Gasteiger partial charge in [-0.3, -0.25) is 0 Å². The fourth-order valence-electron chi connectivity index (χ4n) is 3.46. The van der Waals surface area contributed by atoms with E-state index in [0.29, 0.717) is 11.9 Å². The Labute approximate surface area is 128 Å². The Kier molecular flexibility index (Phi) is 2.28. The van der Waals surface area contributed by atoms with Gasteiger partial charge in [0.2, 0.25) is 0 Å². The summed E-state index contributed by atoms with van der Waals surface area (Å²) in [5, 5.41) is 0. The van der Waals surface area contributed by atoms with Crippen molar-refractivity contribution in [1.82, 2.24) is 9.97 Å². The van der Waals surface area contributed by atoms with Gasteiger partial charge in [-0.15, -0.1) is 0 Å². The molecule has 108 valence electrons. The van der Waals surface area contributed by atoms with Gasteiger partial charge in [0.25, 0.3) is 5.88 Å². The molecular formula is C18H15N3O. The third kappa shape index (κ3) is 1.52. The maximum atomic E-state index is 6.07. The number of anilines is 2. The first kappa shape index (κ1) is 12.0. The SMILES string of the molecule is CC1CCc2cccc3c2N1c1nc2ccccc2nc1O3. The average molecular weight is 289 g/mol. The largest absolute Gasteiger partial charge is 0.434 e. The topological polar surface area (TPSA) is 38.2 Å². The van der Waals surface area contributed by atoms with E-state index in [-0.39, 0.29) is 0 Å². The number of benzene rings is 2. The number of nitrogens with zero attached hydrogens (tertiary/aromatic N) is 3. The zero-order valence-corrected chi connectivity index (χ0v) is 12.3. The molecule has 1 atom stereocenters. The minimum absolute atomic E-state index is 0.395. The first-order chi connectivity index (χ1) is 10.8. The van der Waals surface area contributed by atoms with Crippen molar-refractivity contribution >= 4 is 22.5 Å². The molecule has 1 aromatic heterocycles. The summed E-state index contributed by atoms with van der Waals surface area (Å²) in [5.41, 5.74) is 4.27. The molecule has 2 aliphatic heterocycles. The Balaban J connectivity index is 1.82. The fourth-order valence-corrected chi connectivity index (χ4v) is 3.46. The molecule has 0 radical (unpaired) electrons. The maximum absolute atomic E-state index is 6.07. The normalized spacial score (nSPS) is 18.6. The molecule has 4 nitrogen and oxygen atoms in total. The molecule has 4 heteroatoms. The van der Waals surface area contributed by atoms with Gasteiger partial charge in [0, 0.05) is 6.04 Å². The molecule has 0 spiro atoms. The van der Waals surface area contributed by atoms with Crippen molar-refractivity contribution in [2.45, 2.75) is 25.8 Å². The van der Waals surface area contributed by atoms with E-state index in [1.807, 2.05) is 30.3 Å². The van der Waals surface area contributed by atoms with Crippen LogP contribution < -0.4 is 9.64 Å². The van der Waals surface area contributed by atoms with Crippen molar-refractivity contribution in [2.75, 3.05) is 4.90 Å². The standard InChI is InChI=1S/C18H15N3O/c1-11-9-10-12-5-4-8-15-16(12)21(11)17-18(22-15)20-14-7-3-2-6-13(14)19-17/h2-8,11H,9-10H2,1H3. The highest BCUT2D eigenvalue weighted by atomic mass is 16.5. The summed E-state index contributed by atoms with van der Waals surface area (Å²) in [7, 11) is 0. The van der Waals surface area contributed by atoms with Crippen LogP contribution in [0.25, 0.3) is 11.0 Å². The lowest BCUT2D eigenvalue weighted by Crippen LogP contribution is -2.36. The number of para-hydroxylation sites is 3. The molecule has 5 rings (SSSR count). The van der Waals surface area contributed by atoms with Crippen LogP contribution in [0.2, 0.25) is 0 Å². The van der Waals surface area contributed by atoms with Crippen molar-refractivity contribution in [2.24, 2.45) is 0 Å². The summed E-state index contributed by atoms with van der Waals surface area (Å²) in [4.78, 5) is 11.8. The predicted molar refractivity (Wildman–Crippen MR) is 86.0 cm³/mol. The molecule has 0 fully saturated rings. The predicted octanol–water partition coefficient (Wildman–Crippen LogP) is 4.21. The second kappa shape index (κ2) is 4.19. The van der Waals surface area contributed by atoms with Crippen LogP contribution in [-0.2, 0) is 6.42 Å².